The van der Waals surface area contributed by atoms with Crippen molar-refractivity contribution in [3.05, 3.63) is 70.2 Å². The van der Waals surface area contributed by atoms with E-state index in [0.29, 0.717) is 41.0 Å². The average molecular weight is 412 g/mol. The number of carbonyl (C=O) groups excluding carboxylic acids is 1. The summed E-state index contributed by atoms with van der Waals surface area (Å²) in [6.45, 7) is 2.41. The van der Waals surface area contributed by atoms with Gasteiger partial charge in [-0.2, -0.15) is 0 Å². The predicted octanol–water partition coefficient (Wildman–Crippen LogP) is 3.97. The third kappa shape index (κ3) is 4.24. The molecule has 7 nitrogen and oxygen atoms in total. The topological polar surface area (TPSA) is 98.1 Å². The maximum Gasteiger partial charge on any atom is 0.273 e. The Morgan fingerprint density at radius 2 is 2.14 bits per heavy atom. The van der Waals surface area contributed by atoms with Gasteiger partial charge < -0.3 is 15.1 Å². The lowest BCUT2D eigenvalue weighted by Gasteiger charge is -2.33. The van der Waals surface area contributed by atoms with Crippen LogP contribution in [-0.2, 0) is 6.42 Å². The molecule has 8 heteroatoms. The fourth-order valence-electron chi connectivity index (χ4n) is 3.67. The molecule has 1 atom stereocenters. The van der Waals surface area contributed by atoms with Crippen LogP contribution in [0.25, 0.3) is 0 Å². The van der Waals surface area contributed by atoms with Crippen LogP contribution in [0.1, 0.15) is 58.7 Å². The SMILES string of the molecule is Cc1cc(C(=O)N2CCCCC2c2ncc(Cc3ccccc3Cl)o2)nc(N)n1. The molecule has 1 aromatic carbocycles. The van der Waals surface area contributed by atoms with Crippen molar-refractivity contribution < 1.29 is 9.21 Å². The Labute approximate surface area is 173 Å². The molecule has 29 heavy (non-hydrogen) atoms. The molecule has 1 unspecified atom stereocenters. The summed E-state index contributed by atoms with van der Waals surface area (Å²) in [5.74, 6) is 1.17. The highest BCUT2D eigenvalue weighted by atomic mass is 35.5. The molecule has 3 aromatic rings. The van der Waals surface area contributed by atoms with Crippen molar-refractivity contribution in [1.82, 2.24) is 19.9 Å². The number of likely N-dealkylation sites (tertiary alicyclic amines) is 1. The lowest BCUT2D eigenvalue weighted by Crippen LogP contribution is -2.39. The van der Waals surface area contributed by atoms with E-state index < -0.39 is 0 Å². The van der Waals surface area contributed by atoms with Crippen LogP contribution >= 0.6 is 11.6 Å². The first kappa shape index (κ1) is 19.4. The summed E-state index contributed by atoms with van der Waals surface area (Å²) >= 11 is 6.25. The molecule has 2 aromatic heterocycles. The van der Waals surface area contributed by atoms with Gasteiger partial charge in [-0.15, -0.1) is 0 Å². The summed E-state index contributed by atoms with van der Waals surface area (Å²) in [5, 5.41) is 0.691. The van der Waals surface area contributed by atoms with E-state index in [4.69, 9.17) is 21.8 Å². The number of rotatable bonds is 4. The van der Waals surface area contributed by atoms with E-state index in [1.54, 1.807) is 24.1 Å². The van der Waals surface area contributed by atoms with E-state index in [1.807, 2.05) is 24.3 Å². The van der Waals surface area contributed by atoms with Gasteiger partial charge in [0.15, 0.2) is 0 Å². The van der Waals surface area contributed by atoms with E-state index in [-0.39, 0.29) is 17.9 Å². The average Bonchev–Trinajstić information content (AvgIpc) is 3.17. The lowest BCUT2D eigenvalue weighted by atomic mass is 10.0. The zero-order valence-corrected chi connectivity index (χ0v) is 16.9. The number of hydrogen-bond donors (Lipinski definition) is 1. The van der Waals surface area contributed by atoms with Crippen molar-refractivity contribution in [3.8, 4) is 0 Å². The van der Waals surface area contributed by atoms with Crippen LogP contribution in [0.4, 0.5) is 5.95 Å². The molecule has 1 aliphatic heterocycles. The van der Waals surface area contributed by atoms with Crippen molar-refractivity contribution in [3.63, 3.8) is 0 Å². The second-order valence-corrected chi connectivity index (χ2v) is 7.60. The first-order valence-electron chi connectivity index (χ1n) is 9.61. The molecular formula is C21H22ClN5O2. The van der Waals surface area contributed by atoms with Crippen LogP contribution in [0, 0.1) is 6.92 Å². The molecule has 1 aliphatic rings. The highest BCUT2D eigenvalue weighted by molar-refractivity contribution is 6.31. The minimum atomic E-state index is -0.229. The zero-order chi connectivity index (χ0) is 20.4. The number of nitrogens with two attached hydrogens (primary N) is 1. The number of hydrogen-bond acceptors (Lipinski definition) is 6. The fraction of sp³-hybridized carbons (Fsp3) is 0.333. The molecular weight excluding hydrogens is 390 g/mol. The van der Waals surface area contributed by atoms with Gasteiger partial charge in [-0.05, 0) is 43.9 Å². The normalized spacial score (nSPS) is 16.8. The first-order valence-corrected chi connectivity index (χ1v) is 9.99. The van der Waals surface area contributed by atoms with Crippen molar-refractivity contribution in [2.45, 2.75) is 38.6 Å². The van der Waals surface area contributed by atoms with Crippen LogP contribution in [0.5, 0.6) is 0 Å². The molecule has 1 saturated heterocycles. The third-order valence-corrected chi connectivity index (χ3v) is 5.40. The summed E-state index contributed by atoms with van der Waals surface area (Å²) in [6.07, 6.45) is 4.98. The van der Waals surface area contributed by atoms with E-state index in [9.17, 15) is 4.79 Å². The van der Waals surface area contributed by atoms with Crippen molar-refractivity contribution in [1.29, 1.82) is 0 Å². The number of oxazole rings is 1. The number of carbonyl (C=O) groups is 1. The molecule has 0 radical (unpaired) electrons. The quantitative estimate of drug-likeness (QED) is 0.697. The Bertz CT molecular complexity index is 1020. The smallest absolute Gasteiger partial charge is 0.273 e. The van der Waals surface area contributed by atoms with Crippen LogP contribution in [0.2, 0.25) is 5.02 Å². The number of nitrogen functional groups attached to an aromatic ring is 1. The third-order valence-electron chi connectivity index (χ3n) is 5.03. The molecule has 0 bridgehead atoms. The number of aryl methyl sites for hydroxylation is 1. The second-order valence-electron chi connectivity index (χ2n) is 7.20. The van der Waals surface area contributed by atoms with Crippen molar-refractivity contribution in [2.24, 2.45) is 0 Å². The van der Waals surface area contributed by atoms with Crippen LogP contribution in [0.3, 0.4) is 0 Å². The lowest BCUT2D eigenvalue weighted by molar-refractivity contribution is 0.0564. The molecule has 1 fully saturated rings. The van der Waals surface area contributed by atoms with Crippen LogP contribution < -0.4 is 5.73 Å². The molecule has 3 heterocycles. The summed E-state index contributed by atoms with van der Waals surface area (Å²) in [7, 11) is 0. The maximum absolute atomic E-state index is 13.1. The van der Waals surface area contributed by atoms with E-state index in [2.05, 4.69) is 15.0 Å². The van der Waals surface area contributed by atoms with Gasteiger partial charge in [-0.1, -0.05) is 29.8 Å². The first-order chi connectivity index (χ1) is 14.0. The Balaban J connectivity index is 1.57. The van der Waals surface area contributed by atoms with Gasteiger partial charge in [0.25, 0.3) is 5.91 Å². The minimum Gasteiger partial charge on any atom is -0.443 e. The van der Waals surface area contributed by atoms with Gasteiger partial charge >= 0.3 is 0 Å². The molecule has 2 N–H and O–H groups in total. The monoisotopic (exact) mass is 411 g/mol. The maximum atomic E-state index is 13.1. The van der Waals surface area contributed by atoms with Gasteiger partial charge in [0, 0.05) is 23.7 Å². The standard InChI is InChI=1S/C21H22ClN5O2/c1-13-10-17(26-21(23)25-13)20(28)27-9-5-4-8-18(27)19-24-12-15(29-19)11-14-6-2-3-7-16(14)22/h2-3,6-7,10,12,18H,4-5,8-9,11H2,1H3,(H2,23,25,26). The zero-order valence-electron chi connectivity index (χ0n) is 16.1. The summed E-state index contributed by atoms with van der Waals surface area (Å²) in [5.41, 5.74) is 7.66. The number of amides is 1. The number of aromatic nitrogens is 3. The summed E-state index contributed by atoms with van der Waals surface area (Å²) in [4.78, 5) is 27.5. The summed E-state index contributed by atoms with van der Waals surface area (Å²) in [6, 6.07) is 9.07. The number of nitrogens with zero attached hydrogens (tertiary/aromatic N) is 4. The number of anilines is 1. The predicted molar refractivity (Wildman–Crippen MR) is 110 cm³/mol. The Morgan fingerprint density at radius 3 is 2.93 bits per heavy atom. The molecule has 1 amide bonds. The van der Waals surface area contributed by atoms with Crippen molar-refractivity contribution >= 4 is 23.5 Å². The van der Waals surface area contributed by atoms with Gasteiger partial charge in [0.2, 0.25) is 11.8 Å². The molecule has 0 spiro atoms. The highest BCUT2D eigenvalue weighted by Crippen LogP contribution is 2.32. The molecule has 0 aliphatic carbocycles. The number of benzene rings is 1. The Kier molecular flexibility index (Phi) is 5.49. The molecule has 150 valence electrons. The van der Waals surface area contributed by atoms with E-state index in [1.165, 1.54) is 0 Å². The van der Waals surface area contributed by atoms with Gasteiger partial charge in [0.1, 0.15) is 17.5 Å². The number of piperidine rings is 1. The van der Waals surface area contributed by atoms with Crippen molar-refractivity contribution in [2.75, 3.05) is 12.3 Å². The van der Waals surface area contributed by atoms with Gasteiger partial charge in [-0.25, -0.2) is 15.0 Å². The fourth-order valence-corrected chi connectivity index (χ4v) is 3.87. The Morgan fingerprint density at radius 1 is 1.31 bits per heavy atom. The number of halogens is 1. The summed E-state index contributed by atoms with van der Waals surface area (Å²) < 4.78 is 6.02. The highest BCUT2D eigenvalue weighted by Gasteiger charge is 2.32. The van der Waals surface area contributed by atoms with E-state index >= 15 is 0 Å². The Hall–Kier alpha value is -2.93. The van der Waals surface area contributed by atoms with Gasteiger partial charge in [0.05, 0.1) is 6.20 Å². The largest absolute Gasteiger partial charge is 0.443 e. The van der Waals surface area contributed by atoms with Gasteiger partial charge in [-0.3, -0.25) is 4.79 Å². The van der Waals surface area contributed by atoms with E-state index in [0.717, 1.165) is 24.8 Å². The second kappa shape index (κ2) is 8.21. The van der Waals surface area contributed by atoms with Crippen LogP contribution in [-0.4, -0.2) is 32.3 Å². The minimum absolute atomic E-state index is 0.0973. The molecule has 0 saturated carbocycles. The molecule has 4 rings (SSSR count). The van der Waals surface area contributed by atoms with Crippen LogP contribution in [0.15, 0.2) is 40.9 Å².